The van der Waals surface area contributed by atoms with Crippen molar-refractivity contribution in [2.24, 2.45) is 0 Å². The highest BCUT2D eigenvalue weighted by molar-refractivity contribution is 6.30. The predicted molar refractivity (Wildman–Crippen MR) is 130 cm³/mol. The van der Waals surface area contributed by atoms with Crippen molar-refractivity contribution >= 4 is 29.2 Å². The van der Waals surface area contributed by atoms with Crippen LogP contribution in [0.1, 0.15) is 38.8 Å². The maximum atomic E-state index is 12.9. The van der Waals surface area contributed by atoms with Crippen molar-refractivity contribution in [3.05, 3.63) is 94.0 Å². The van der Waals surface area contributed by atoms with Crippen LogP contribution in [0.4, 0.5) is 0 Å². The molecule has 7 nitrogen and oxygen atoms in total. The number of ketones is 1. The quantitative estimate of drug-likeness (QED) is 0.427. The van der Waals surface area contributed by atoms with Gasteiger partial charge in [-0.2, -0.15) is 0 Å². The topological polar surface area (TPSA) is 93.7 Å². The number of methoxy groups -OCH3 is 1. The molecule has 0 aromatic heterocycles. The second-order valence-corrected chi connectivity index (χ2v) is 7.73. The van der Waals surface area contributed by atoms with Crippen molar-refractivity contribution in [1.82, 2.24) is 10.6 Å². The summed E-state index contributed by atoms with van der Waals surface area (Å²) in [6.45, 7) is 2.42. The molecular weight excluding hydrogens is 456 g/mol. The first-order valence-corrected chi connectivity index (χ1v) is 11.0. The van der Waals surface area contributed by atoms with Gasteiger partial charge in [0.15, 0.2) is 23.9 Å². The van der Waals surface area contributed by atoms with E-state index in [1.165, 1.54) is 7.11 Å². The van der Waals surface area contributed by atoms with Gasteiger partial charge in [0.1, 0.15) is 0 Å². The Hall–Kier alpha value is -3.84. The summed E-state index contributed by atoms with van der Waals surface area (Å²) in [5, 5.41) is 6.02. The van der Waals surface area contributed by atoms with Gasteiger partial charge < -0.3 is 20.1 Å². The summed E-state index contributed by atoms with van der Waals surface area (Å²) in [6, 6.07) is 18.3. The van der Waals surface area contributed by atoms with Crippen molar-refractivity contribution < 1.29 is 23.9 Å². The molecule has 3 aromatic carbocycles. The number of hydrogen-bond acceptors (Lipinski definition) is 5. The van der Waals surface area contributed by atoms with E-state index in [4.69, 9.17) is 21.1 Å². The van der Waals surface area contributed by atoms with E-state index in [0.29, 0.717) is 34.2 Å². The molecule has 0 atom stereocenters. The lowest BCUT2D eigenvalue weighted by atomic mass is 9.98. The Kier molecular flexibility index (Phi) is 8.65. The third-order valence-corrected chi connectivity index (χ3v) is 5.19. The fourth-order valence-corrected chi connectivity index (χ4v) is 3.37. The minimum atomic E-state index is -0.381. The summed E-state index contributed by atoms with van der Waals surface area (Å²) in [7, 11) is 1.50. The number of likely N-dealkylation sites (N-methyl/N-ethyl adjacent to an activating group) is 1. The van der Waals surface area contributed by atoms with Crippen molar-refractivity contribution in [1.29, 1.82) is 0 Å². The Balaban J connectivity index is 1.69. The molecule has 0 aliphatic heterocycles. The zero-order valence-corrected chi connectivity index (χ0v) is 19.6. The van der Waals surface area contributed by atoms with Gasteiger partial charge in [0, 0.05) is 29.2 Å². The Morgan fingerprint density at radius 1 is 0.882 bits per heavy atom. The molecule has 0 saturated heterocycles. The minimum absolute atomic E-state index is 0.126. The summed E-state index contributed by atoms with van der Waals surface area (Å²) in [4.78, 5) is 37.5. The maximum Gasteiger partial charge on any atom is 0.257 e. The Labute approximate surface area is 203 Å². The molecule has 0 radical (unpaired) electrons. The van der Waals surface area contributed by atoms with E-state index < -0.39 is 0 Å². The van der Waals surface area contributed by atoms with E-state index in [0.717, 1.165) is 5.56 Å². The van der Waals surface area contributed by atoms with Gasteiger partial charge in [-0.25, -0.2) is 0 Å². The summed E-state index contributed by atoms with van der Waals surface area (Å²) >= 11 is 5.91. The fourth-order valence-electron chi connectivity index (χ4n) is 3.25. The Bertz CT molecular complexity index is 1180. The smallest absolute Gasteiger partial charge is 0.257 e. The maximum absolute atomic E-state index is 12.9. The number of ether oxygens (including phenoxy) is 2. The second kappa shape index (κ2) is 11.9. The van der Waals surface area contributed by atoms with Crippen LogP contribution in [0.2, 0.25) is 5.02 Å². The molecule has 0 aliphatic rings. The molecular formula is C26H25ClN2O5. The molecule has 0 fully saturated rings. The fraction of sp³-hybridized carbons (Fsp3) is 0.192. The predicted octanol–water partition coefficient (Wildman–Crippen LogP) is 4.02. The second-order valence-electron chi connectivity index (χ2n) is 7.29. The lowest BCUT2D eigenvalue weighted by molar-refractivity contribution is -0.123. The standard InChI is InChI=1S/C26H25ClN2O5/c1-3-28-24(30)16-34-22-13-8-17(14-23(22)33-2)15-29-26(32)21-7-5-4-6-20(21)25(31)18-9-11-19(27)12-10-18/h4-14H,3,15-16H2,1-2H3,(H,28,30)(H,29,32). The van der Waals surface area contributed by atoms with Gasteiger partial charge in [-0.15, -0.1) is 0 Å². The molecule has 0 unspecified atom stereocenters. The molecule has 176 valence electrons. The van der Waals surface area contributed by atoms with Gasteiger partial charge in [-0.3, -0.25) is 14.4 Å². The minimum Gasteiger partial charge on any atom is -0.493 e. The first-order valence-electron chi connectivity index (χ1n) is 10.7. The first kappa shape index (κ1) is 24.8. The molecule has 0 heterocycles. The third kappa shape index (κ3) is 6.36. The van der Waals surface area contributed by atoms with Crippen LogP contribution in [0.25, 0.3) is 0 Å². The number of hydrogen-bond donors (Lipinski definition) is 2. The molecule has 3 aromatic rings. The van der Waals surface area contributed by atoms with E-state index in [1.54, 1.807) is 66.7 Å². The monoisotopic (exact) mass is 480 g/mol. The van der Waals surface area contributed by atoms with Crippen molar-refractivity contribution in [3.8, 4) is 11.5 Å². The summed E-state index contributed by atoms with van der Waals surface area (Å²) < 4.78 is 10.9. The van der Waals surface area contributed by atoms with E-state index >= 15 is 0 Å². The van der Waals surface area contributed by atoms with Gasteiger partial charge in [-0.05, 0) is 55.0 Å². The van der Waals surface area contributed by atoms with Gasteiger partial charge in [0.25, 0.3) is 11.8 Å². The zero-order chi connectivity index (χ0) is 24.5. The van der Waals surface area contributed by atoms with Gasteiger partial charge >= 0.3 is 0 Å². The van der Waals surface area contributed by atoms with E-state index in [1.807, 2.05) is 6.92 Å². The van der Waals surface area contributed by atoms with Crippen molar-refractivity contribution in [2.45, 2.75) is 13.5 Å². The van der Waals surface area contributed by atoms with Crippen LogP contribution < -0.4 is 20.1 Å². The Morgan fingerprint density at radius 3 is 2.26 bits per heavy atom. The molecule has 0 saturated carbocycles. The average molecular weight is 481 g/mol. The molecule has 0 aliphatic carbocycles. The number of carbonyl (C=O) groups is 3. The zero-order valence-electron chi connectivity index (χ0n) is 18.9. The lowest BCUT2D eigenvalue weighted by Crippen LogP contribution is -2.28. The van der Waals surface area contributed by atoms with Gasteiger partial charge in [-0.1, -0.05) is 35.9 Å². The van der Waals surface area contributed by atoms with Crippen LogP contribution in [-0.2, 0) is 11.3 Å². The summed E-state index contributed by atoms with van der Waals surface area (Å²) in [5.74, 6) is -0.0176. The van der Waals surface area contributed by atoms with Crippen molar-refractivity contribution in [3.63, 3.8) is 0 Å². The number of amides is 2. The Morgan fingerprint density at radius 2 is 1.59 bits per heavy atom. The highest BCUT2D eigenvalue weighted by Crippen LogP contribution is 2.28. The first-order chi connectivity index (χ1) is 16.4. The van der Waals surface area contributed by atoms with Crippen LogP contribution in [0.5, 0.6) is 11.5 Å². The van der Waals surface area contributed by atoms with E-state index in [2.05, 4.69) is 10.6 Å². The number of halogens is 1. The normalized spacial score (nSPS) is 10.3. The summed E-state index contributed by atoms with van der Waals surface area (Å²) in [6.07, 6.45) is 0. The summed E-state index contributed by atoms with van der Waals surface area (Å²) in [5.41, 5.74) is 1.78. The lowest BCUT2D eigenvalue weighted by Gasteiger charge is -2.13. The highest BCUT2D eigenvalue weighted by atomic mass is 35.5. The molecule has 2 N–H and O–H groups in total. The number of benzene rings is 3. The van der Waals surface area contributed by atoms with Crippen LogP contribution in [0.3, 0.4) is 0 Å². The van der Waals surface area contributed by atoms with Crippen molar-refractivity contribution in [2.75, 3.05) is 20.3 Å². The van der Waals surface area contributed by atoms with Crippen LogP contribution in [0, 0.1) is 0 Å². The van der Waals surface area contributed by atoms with Gasteiger partial charge in [0.05, 0.1) is 12.7 Å². The highest BCUT2D eigenvalue weighted by Gasteiger charge is 2.18. The molecule has 34 heavy (non-hydrogen) atoms. The van der Waals surface area contributed by atoms with Crippen LogP contribution in [0.15, 0.2) is 66.7 Å². The van der Waals surface area contributed by atoms with E-state index in [-0.39, 0.29) is 36.3 Å². The molecule has 8 heteroatoms. The molecule has 2 amide bonds. The number of carbonyl (C=O) groups excluding carboxylic acids is 3. The molecule has 3 rings (SSSR count). The third-order valence-electron chi connectivity index (χ3n) is 4.94. The van der Waals surface area contributed by atoms with Gasteiger partial charge in [0.2, 0.25) is 0 Å². The number of nitrogens with one attached hydrogen (secondary N) is 2. The van der Waals surface area contributed by atoms with E-state index in [9.17, 15) is 14.4 Å². The van der Waals surface area contributed by atoms with Crippen LogP contribution >= 0.6 is 11.6 Å². The SMILES string of the molecule is CCNC(=O)COc1ccc(CNC(=O)c2ccccc2C(=O)c2ccc(Cl)cc2)cc1OC. The molecule has 0 spiro atoms. The number of rotatable bonds is 10. The molecule has 0 bridgehead atoms. The van der Waals surface area contributed by atoms with Crippen LogP contribution in [-0.4, -0.2) is 37.9 Å². The average Bonchev–Trinajstić information content (AvgIpc) is 2.86. The largest absolute Gasteiger partial charge is 0.493 e.